The first-order valence-electron chi connectivity index (χ1n) is 7.39. The van der Waals surface area contributed by atoms with E-state index in [-0.39, 0.29) is 17.1 Å². The minimum Gasteiger partial charge on any atom is -0.465 e. The summed E-state index contributed by atoms with van der Waals surface area (Å²) in [6.45, 7) is 5.93. The Bertz CT molecular complexity index is 736. The zero-order valence-electron chi connectivity index (χ0n) is 14.1. The maximum atomic E-state index is 12.3. The lowest BCUT2D eigenvalue weighted by atomic mass is 10.1. The van der Waals surface area contributed by atoms with Crippen molar-refractivity contribution in [2.24, 2.45) is 0 Å². The summed E-state index contributed by atoms with van der Waals surface area (Å²) in [6.07, 6.45) is 1.52. The van der Waals surface area contributed by atoms with Gasteiger partial charge in [-0.1, -0.05) is 0 Å². The standard InChI is InChI=1S/C17H20N4O3/c1-17(2,3)21-16-18-10-9-13(20-16)14(22)19-12-7-5-11(6-8-12)15(23)24-4/h5-10H,1-4H3,(H,19,22)(H,18,20,21). The topological polar surface area (TPSA) is 93.2 Å². The molecule has 0 atom stereocenters. The molecule has 0 fully saturated rings. The number of hydrogen-bond acceptors (Lipinski definition) is 6. The molecular formula is C17H20N4O3. The quantitative estimate of drug-likeness (QED) is 0.838. The summed E-state index contributed by atoms with van der Waals surface area (Å²) in [7, 11) is 1.32. The summed E-state index contributed by atoms with van der Waals surface area (Å²) in [5.74, 6) is -0.405. The van der Waals surface area contributed by atoms with Gasteiger partial charge in [-0.25, -0.2) is 14.8 Å². The Kier molecular flexibility index (Phi) is 5.13. The molecule has 2 aromatic rings. The average molecular weight is 328 g/mol. The third-order valence-electron chi connectivity index (χ3n) is 2.94. The van der Waals surface area contributed by atoms with Gasteiger partial charge in [0.25, 0.3) is 5.91 Å². The zero-order valence-corrected chi connectivity index (χ0v) is 14.1. The predicted octanol–water partition coefficient (Wildman–Crippen LogP) is 2.73. The van der Waals surface area contributed by atoms with E-state index in [4.69, 9.17) is 0 Å². The van der Waals surface area contributed by atoms with Gasteiger partial charge in [-0.3, -0.25) is 4.79 Å². The number of hydrogen-bond donors (Lipinski definition) is 2. The van der Waals surface area contributed by atoms with Crippen molar-refractivity contribution < 1.29 is 14.3 Å². The Morgan fingerprint density at radius 3 is 2.33 bits per heavy atom. The van der Waals surface area contributed by atoms with E-state index in [1.54, 1.807) is 24.3 Å². The van der Waals surface area contributed by atoms with Crippen molar-refractivity contribution in [2.45, 2.75) is 26.3 Å². The van der Waals surface area contributed by atoms with Crippen molar-refractivity contribution in [3.05, 3.63) is 47.8 Å². The lowest BCUT2D eigenvalue weighted by Gasteiger charge is -2.20. The third kappa shape index (κ3) is 4.77. The molecule has 7 nitrogen and oxygen atoms in total. The molecule has 0 saturated carbocycles. The average Bonchev–Trinajstić information content (AvgIpc) is 2.53. The van der Waals surface area contributed by atoms with Crippen LogP contribution in [0, 0.1) is 0 Å². The van der Waals surface area contributed by atoms with Gasteiger partial charge in [-0.2, -0.15) is 0 Å². The monoisotopic (exact) mass is 328 g/mol. The van der Waals surface area contributed by atoms with E-state index in [2.05, 4.69) is 25.3 Å². The molecule has 1 aromatic carbocycles. The van der Waals surface area contributed by atoms with Gasteiger partial charge in [0.2, 0.25) is 5.95 Å². The fourth-order valence-electron chi connectivity index (χ4n) is 1.88. The number of carbonyl (C=O) groups excluding carboxylic acids is 2. The van der Waals surface area contributed by atoms with Gasteiger partial charge in [0, 0.05) is 17.4 Å². The summed E-state index contributed by atoms with van der Waals surface area (Å²) in [6, 6.07) is 7.94. The highest BCUT2D eigenvalue weighted by molar-refractivity contribution is 6.03. The minimum atomic E-state index is -0.429. The van der Waals surface area contributed by atoms with Crippen molar-refractivity contribution >= 4 is 23.5 Å². The molecule has 1 amide bonds. The van der Waals surface area contributed by atoms with Gasteiger partial charge in [0.05, 0.1) is 12.7 Å². The lowest BCUT2D eigenvalue weighted by Crippen LogP contribution is -2.28. The van der Waals surface area contributed by atoms with E-state index < -0.39 is 5.97 Å². The second kappa shape index (κ2) is 7.08. The number of rotatable bonds is 4. The molecule has 2 N–H and O–H groups in total. The maximum Gasteiger partial charge on any atom is 0.337 e. The molecule has 1 heterocycles. The van der Waals surface area contributed by atoms with Crippen LogP contribution in [0.15, 0.2) is 36.5 Å². The van der Waals surface area contributed by atoms with E-state index in [1.807, 2.05) is 20.8 Å². The van der Waals surface area contributed by atoms with E-state index in [1.165, 1.54) is 19.4 Å². The number of nitrogens with one attached hydrogen (secondary N) is 2. The second-order valence-electron chi connectivity index (χ2n) is 6.16. The van der Waals surface area contributed by atoms with Crippen molar-refractivity contribution in [2.75, 3.05) is 17.7 Å². The number of anilines is 2. The molecule has 7 heteroatoms. The number of esters is 1. The molecule has 0 aliphatic heterocycles. The number of methoxy groups -OCH3 is 1. The predicted molar refractivity (Wildman–Crippen MR) is 91.1 cm³/mol. The molecule has 0 unspecified atom stereocenters. The summed E-state index contributed by atoms with van der Waals surface area (Å²) in [4.78, 5) is 32.0. The highest BCUT2D eigenvalue weighted by Gasteiger charge is 2.14. The normalized spacial score (nSPS) is 10.8. The summed E-state index contributed by atoms with van der Waals surface area (Å²) in [5, 5.41) is 5.84. The van der Waals surface area contributed by atoms with E-state index in [9.17, 15) is 9.59 Å². The van der Waals surface area contributed by atoms with Crippen molar-refractivity contribution in [1.29, 1.82) is 0 Å². The third-order valence-corrected chi connectivity index (χ3v) is 2.94. The molecule has 126 valence electrons. The smallest absolute Gasteiger partial charge is 0.337 e. The van der Waals surface area contributed by atoms with Gasteiger partial charge >= 0.3 is 5.97 Å². The second-order valence-corrected chi connectivity index (χ2v) is 6.16. The molecule has 0 aliphatic rings. The number of aromatic nitrogens is 2. The largest absolute Gasteiger partial charge is 0.465 e. The first-order chi connectivity index (χ1) is 11.3. The highest BCUT2D eigenvalue weighted by Crippen LogP contribution is 2.13. The zero-order chi connectivity index (χ0) is 17.7. The molecule has 0 spiro atoms. The van der Waals surface area contributed by atoms with Crippen LogP contribution in [0.25, 0.3) is 0 Å². The van der Waals surface area contributed by atoms with Crippen LogP contribution < -0.4 is 10.6 Å². The van der Waals surface area contributed by atoms with Crippen LogP contribution in [0.5, 0.6) is 0 Å². The van der Waals surface area contributed by atoms with Crippen LogP contribution in [0.3, 0.4) is 0 Å². The van der Waals surface area contributed by atoms with E-state index in [0.717, 1.165) is 0 Å². The Labute approximate surface area is 140 Å². The van der Waals surface area contributed by atoms with Crippen LogP contribution in [-0.2, 0) is 4.74 Å². The Balaban J connectivity index is 2.09. The van der Waals surface area contributed by atoms with Crippen LogP contribution in [0.4, 0.5) is 11.6 Å². The van der Waals surface area contributed by atoms with Gasteiger partial charge in [-0.15, -0.1) is 0 Å². The van der Waals surface area contributed by atoms with Crippen LogP contribution in [0.2, 0.25) is 0 Å². The maximum absolute atomic E-state index is 12.3. The number of amides is 1. The molecule has 2 rings (SSSR count). The Morgan fingerprint density at radius 1 is 1.08 bits per heavy atom. The fraction of sp³-hybridized carbons (Fsp3) is 0.294. The minimum absolute atomic E-state index is 0.210. The first kappa shape index (κ1) is 17.4. The van der Waals surface area contributed by atoms with Crippen molar-refractivity contribution in [3.63, 3.8) is 0 Å². The fourth-order valence-corrected chi connectivity index (χ4v) is 1.88. The van der Waals surface area contributed by atoms with E-state index in [0.29, 0.717) is 17.2 Å². The first-order valence-corrected chi connectivity index (χ1v) is 7.39. The van der Waals surface area contributed by atoms with Crippen LogP contribution in [0.1, 0.15) is 41.6 Å². The van der Waals surface area contributed by atoms with Crippen LogP contribution >= 0.6 is 0 Å². The van der Waals surface area contributed by atoms with Gasteiger partial charge in [-0.05, 0) is 51.1 Å². The molecule has 24 heavy (non-hydrogen) atoms. The Hall–Kier alpha value is -2.96. The summed E-state index contributed by atoms with van der Waals surface area (Å²) in [5.41, 5.74) is 0.998. The van der Waals surface area contributed by atoms with Crippen molar-refractivity contribution in [1.82, 2.24) is 9.97 Å². The lowest BCUT2D eigenvalue weighted by molar-refractivity contribution is 0.0600. The summed E-state index contributed by atoms with van der Waals surface area (Å²) >= 11 is 0. The van der Waals surface area contributed by atoms with Gasteiger partial charge in [0.1, 0.15) is 5.69 Å². The molecule has 0 saturated heterocycles. The SMILES string of the molecule is COC(=O)c1ccc(NC(=O)c2ccnc(NC(C)(C)C)n2)cc1. The number of carbonyl (C=O) groups is 2. The number of benzene rings is 1. The summed E-state index contributed by atoms with van der Waals surface area (Å²) < 4.78 is 4.63. The molecule has 1 aromatic heterocycles. The van der Waals surface area contributed by atoms with Gasteiger partial charge < -0.3 is 15.4 Å². The van der Waals surface area contributed by atoms with Crippen LogP contribution in [-0.4, -0.2) is 34.5 Å². The molecule has 0 aliphatic carbocycles. The highest BCUT2D eigenvalue weighted by atomic mass is 16.5. The number of nitrogens with zero attached hydrogens (tertiary/aromatic N) is 2. The van der Waals surface area contributed by atoms with Crippen molar-refractivity contribution in [3.8, 4) is 0 Å². The molecule has 0 bridgehead atoms. The number of ether oxygens (including phenoxy) is 1. The van der Waals surface area contributed by atoms with E-state index >= 15 is 0 Å². The molecular weight excluding hydrogens is 308 g/mol. The van der Waals surface area contributed by atoms with Gasteiger partial charge in [0.15, 0.2) is 0 Å². The molecule has 0 radical (unpaired) electrons. The Morgan fingerprint density at radius 2 is 1.75 bits per heavy atom.